The Morgan fingerprint density at radius 2 is 2.19 bits per heavy atom. The molecule has 1 N–H and O–H groups in total. The average molecular weight is 485 g/mol. The van der Waals surface area contributed by atoms with Gasteiger partial charge in [0.25, 0.3) is 0 Å². The first kappa shape index (κ1) is 24.1. The van der Waals surface area contributed by atoms with Gasteiger partial charge in [-0.05, 0) is 62.0 Å². The minimum atomic E-state index is -0.0293. The fourth-order valence-corrected chi connectivity index (χ4v) is 4.37. The second-order valence-electron chi connectivity index (χ2n) is 9.04. The molecule has 2 aliphatic rings. The smallest absolute Gasteiger partial charge is 0.227 e. The van der Waals surface area contributed by atoms with Crippen molar-refractivity contribution in [2.75, 3.05) is 25.1 Å². The number of fused-ring (bicyclic) bond motifs is 6. The number of pyridine rings is 1. The zero-order valence-electron chi connectivity index (χ0n) is 20.6. The zero-order valence-corrected chi connectivity index (χ0v) is 20.6. The lowest BCUT2D eigenvalue weighted by molar-refractivity contribution is 0.0581. The van der Waals surface area contributed by atoms with Crippen LogP contribution in [0.25, 0.3) is 11.3 Å². The van der Waals surface area contributed by atoms with Crippen LogP contribution in [0.3, 0.4) is 0 Å². The second-order valence-corrected chi connectivity index (χ2v) is 9.04. The molecule has 0 aromatic carbocycles. The van der Waals surface area contributed by atoms with E-state index in [9.17, 15) is 0 Å². The summed E-state index contributed by atoms with van der Waals surface area (Å²) in [6.07, 6.45) is 21.5. The van der Waals surface area contributed by atoms with Gasteiger partial charge in [-0.25, -0.2) is 15.0 Å². The van der Waals surface area contributed by atoms with Crippen molar-refractivity contribution >= 4 is 5.95 Å². The number of imidazole rings is 1. The van der Waals surface area contributed by atoms with E-state index < -0.39 is 0 Å². The van der Waals surface area contributed by atoms with Crippen molar-refractivity contribution in [1.29, 1.82) is 0 Å². The number of nitrogens with zero attached hydrogens (tertiary/aromatic N) is 5. The molecule has 1 unspecified atom stereocenters. The third kappa shape index (κ3) is 6.33. The molecule has 0 fully saturated rings. The fraction of sp³-hybridized carbons (Fsp3) is 0.357. The standard InChI is InChI=1S/C28H32N6O2/c1-21-18-31-28-32-25-7-8-26(36-15-13-34-12-11-29-20-34)23(17-25)19-35-14-5-3-2-4-6-24-16-22(9-10-30-24)27(21)33-28/h3,5,7,9-12,16-18,20,26H,2,4,6,8,13-15,19H2,1H3,(H,31,32,33)/b5-3+. The molecule has 6 bridgehead atoms. The Kier molecular flexibility index (Phi) is 7.95. The molecule has 0 saturated carbocycles. The number of rotatable bonds is 4. The van der Waals surface area contributed by atoms with E-state index in [-0.39, 0.29) is 6.10 Å². The summed E-state index contributed by atoms with van der Waals surface area (Å²) < 4.78 is 14.2. The Hall–Kier alpha value is -3.62. The van der Waals surface area contributed by atoms with Crippen LogP contribution >= 0.6 is 0 Å². The van der Waals surface area contributed by atoms with Gasteiger partial charge in [-0.2, -0.15) is 0 Å². The summed E-state index contributed by atoms with van der Waals surface area (Å²) >= 11 is 0. The Morgan fingerprint density at radius 3 is 3.11 bits per heavy atom. The molecule has 0 saturated heterocycles. The van der Waals surface area contributed by atoms with Gasteiger partial charge >= 0.3 is 0 Å². The topological polar surface area (TPSA) is 87.0 Å². The lowest BCUT2D eigenvalue weighted by Crippen LogP contribution is -2.24. The molecule has 3 aromatic heterocycles. The molecule has 8 nitrogen and oxygen atoms in total. The van der Waals surface area contributed by atoms with Crippen LogP contribution in [-0.2, 0) is 22.4 Å². The van der Waals surface area contributed by atoms with E-state index in [2.05, 4.69) is 50.6 Å². The number of ether oxygens (including phenoxy) is 2. The number of nitrogens with one attached hydrogen (secondary N) is 1. The highest BCUT2D eigenvalue weighted by atomic mass is 16.5. The van der Waals surface area contributed by atoms with E-state index in [4.69, 9.17) is 14.5 Å². The minimum Gasteiger partial charge on any atom is -0.373 e. The Morgan fingerprint density at radius 1 is 1.22 bits per heavy atom. The van der Waals surface area contributed by atoms with Gasteiger partial charge in [-0.15, -0.1) is 0 Å². The molecule has 0 spiro atoms. The van der Waals surface area contributed by atoms with Crippen molar-refractivity contribution in [3.05, 3.63) is 90.1 Å². The number of anilines is 1. The van der Waals surface area contributed by atoms with E-state index in [0.29, 0.717) is 25.8 Å². The van der Waals surface area contributed by atoms with Gasteiger partial charge < -0.3 is 19.4 Å². The summed E-state index contributed by atoms with van der Waals surface area (Å²) in [7, 11) is 0. The third-order valence-electron chi connectivity index (χ3n) is 6.31. The number of allylic oxidation sites excluding steroid dienone is 2. The molecule has 0 amide bonds. The normalized spacial score (nSPS) is 19.3. The van der Waals surface area contributed by atoms with Crippen LogP contribution in [0.15, 0.2) is 78.8 Å². The highest BCUT2D eigenvalue weighted by molar-refractivity contribution is 5.64. The Balaban J connectivity index is 1.36. The van der Waals surface area contributed by atoms with E-state index in [1.165, 1.54) is 0 Å². The number of hydrogen-bond donors (Lipinski definition) is 1. The molecule has 1 atom stereocenters. The summed E-state index contributed by atoms with van der Waals surface area (Å²) in [4.78, 5) is 18.0. The van der Waals surface area contributed by atoms with Gasteiger partial charge in [0.05, 0.1) is 37.9 Å². The summed E-state index contributed by atoms with van der Waals surface area (Å²) in [6, 6.07) is 4.15. The monoisotopic (exact) mass is 484 g/mol. The molecule has 8 heteroatoms. The van der Waals surface area contributed by atoms with Crippen LogP contribution in [0.1, 0.15) is 30.5 Å². The molecular formula is C28H32N6O2. The number of hydrogen-bond acceptors (Lipinski definition) is 7. The van der Waals surface area contributed by atoms with Crippen molar-refractivity contribution in [1.82, 2.24) is 24.5 Å². The molecule has 5 rings (SSSR count). The second kappa shape index (κ2) is 11.9. The molecule has 0 radical (unpaired) electrons. The van der Waals surface area contributed by atoms with Crippen LogP contribution < -0.4 is 5.32 Å². The van der Waals surface area contributed by atoms with E-state index in [1.807, 2.05) is 36.1 Å². The zero-order chi connectivity index (χ0) is 24.6. The third-order valence-corrected chi connectivity index (χ3v) is 6.31. The molecular weight excluding hydrogens is 452 g/mol. The van der Waals surface area contributed by atoms with E-state index >= 15 is 0 Å². The maximum atomic E-state index is 6.24. The van der Waals surface area contributed by atoms with Gasteiger partial charge in [0.2, 0.25) is 5.95 Å². The predicted octanol–water partition coefficient (Wildman–Crippen LogP) is 4.66. The van der Waals surface area contributed by atoms with Crippen molar-refractivity contribution in [3.8, 4) is 11.3 Å². The highest BCUT2D eigenvalue weighted by Crippen LogP contribution is 2.25. The minimum absolute atomic E-state index is 0.0293. The van der Waals surface area contributed by atoms with Gasteiger partial charge in [0.15, 0.2) is 0 Å². The molecule has 186 valence electrons. The highest BCUT2D eigenvalue weighted by Gasteiger charge is 2.20. The van der Waals surface area contributed by atoms with Crippen LogP contribution in [0, 0.1) is 6.92 Å². The Bertz CT molecular complexity index is 1250. The van der Waals surface area contributed by atoms with Crippen LogP contribution in [0.2, 0.25) is 0 Å². The first-order valence-corrected chi connectivity index (χ1v) is 12.5. The summed E-state index contributed by atoms with van der Waals surface area (Å²) in [6.45, 7) is 4.49. The molecule has 1 aliphatic heterocycles. The van der Waals surface area contributed by atoms with E-state index in [1.54, 1.807) is 12.5 Å². The first-order chi connectivity index (χ1) is 17.7. The summed E-state index contributed by atoms with van der Waals surface area (Å²) in [5, 5.41) is 3.40. The first-order valence-electron chi connectivity index (χ1n) is 12.5. The van der Waals surface area contributed by atoms with Crippen molar-refractivity contribution in [3.63, 3.8) is 0 Å². The number of aromatic nitrogens is 5. The Labute approximate surface area is 211 Å². The van der Waals surface area contributed by atoms with Gasteiger partial charge in [0.1, 0.15) is 0 Å². The lowest BCUT2D eigenvalue weighted by atomic mass is 10.00. The maximum Gasteiger partial charge on any atom is 0.227 e. The van der Waals surface area contributed by atoms with Crippen molar-refractivity contribution in [2.24, 2.45) is 0 Å². The van der Waals surface area contributed by atoms with Gasteiger partial charge in [0, 0.05) is 48.3 Å². The van der Waals surface area contributed by atoms with Gasteiger partial charge in [-0.3, -0.25) is 4.98 Å². The van der Waals surface area contributed by atoms with Crippen LogP contribution in [0.5, 0.6) is 0 Å². The molecule has 4 heterocycles. The average Bonchev–Trinajstić information content (AvgIpc) is 3.41. The van der Waals surface area contributed by atoms with E-state index in [0.717, 1.165) is 66.0 Å². The maximum absolute atomic E-state index is 6.24. The van der Waals surface area contributed by atoms with Crippen LogP contribution in [-0.4, -0.2) is 50.4 Å². The number of aryl methyl sites for hydroxylation is 2. The quantitative estimate of drug-likeness (QED) is 0.539. The van der Waals surface area contributed by atoms with Crippen molar-refractivity contribution in [2.45, 2.75) is 45.3 Å². The summed E-state index contributed by atoms with van der Waals surface area (Å²) in [5.74, 6) is 0.570. The molecule has 1 aliphatic carbocycles. The molecule has 36 heavy (non-hydrogen) atoms. The SMILES string of the molecule is Cc1cnc2nc1-c1ccnc(c1)CCC/C=C/COCC1=CC(=CCC1OCCn1ccnc1)N2. The summed E-state index contributed by atoms with van der Waals surface area (Å²) in [5.41, 5.74) is 6.14. The predicted molar refractivity (Wildman–Crippen MR) is 139 cm³/mol. The largest absolute Gasteiger partial charge is 0.373 e. The van der Waals surface area contributed by atoms with Crippen LogP contribution in [0.4, 0.5) is 5.95 Å². The van der Waals surface area contributed by atoms with Crippen molar-refractivity contribution < 1.29 is 9.47 Å². The molecule has 3 aromatic rings. The lowest BCUT2D eigenvalue weighted by Gasteiger charge is -2.25. The van der Waals surface area contributed by atoms with Gasteiger partial charge in [-0.1, -0.05) is 18.2 Å². The fourth-order valence-electron chi connectivity index (χ4n) is 4.37.